The molecule has 0 saturated heterocycles. The zero-order chi connectivity index (χ0) is 30.7. The molecule has 10 nitrogen and oxygen atoms in total. The molecule has 2 N–H and O–H groups in total. The Kier molecular flexibility index (Phi) is 9.11. The van der Waals surface area contributed by atoms with Crippen LogP contribution >= 0.6 is 11.6 Å². The first-order valence-corrected chi connectivity index (χ1v) is 15.9. The number of benzene rings is 2. The lowest BCUT2D eigenvalue weighted by Gasteiger charge is -2.26. The van der Waals surface area contributed by atoms with Crippen LogP contribution in [0.4, 0.5) is 4.39 Å². The van der Waals surface area contributed by atoms with Crippen LogP contribution in [0.3, 0.4) is 0 Å². The number of fused-ring (bicyclic) bond motifs is 1. The number of hydrogen-bond donors (Lipinski definition) is 2. The summed E-state index contributed by atoms with van der Waals surface area (Å²) in [7, 11) is -1.76. The normalized spacial score (nSPS) is 14.9. The number of carbonyl (C=O) groups is 1. The Morgan fingerprint density at radius 3 is 2.65 bits per heavy atom. The maximum absolute atomic E-state index is 13.3. The van der Waals surface area contributed by atoms with Gasteiger partial charge in [0.15, 0.2) is 0 Å². The molecule has 1 unspecified atom stereocenters. The fourth-order valence-electron chi connectivity index (χ4n) is 5.18. The number of amides is 1. The van der Waals surface area contributed by atoms with Gasteiger partial charge in [0.25, 0.3) is 5.91 Å². The van der Waals surface area contributed by atoms with Gasteiger partial charge < -0.3 is 15.0 Å². The third kappa shape index (κ3) is 7.04. The highest BCUT2D eigenvalue weighted by Crippen LogP contribution is 2.33. The lowest BCUT2D eigenvalue weighted by atomic mass is 10.0. The number of rotatable bonds is 9. The molecule has 1 atom stereocenters. The van der Waals surface area contributed by atoms with Gasteiger partial charge >= 0.3 is 0 Å². The van der Waals surface area contributed by atoms with E-state index in [0.717, 1.165) is 16.7 Å². The minimum atomic E-state index is -3.45. The summed E-state index contributed by atoms with van der Waals surface area (Å²) in [4.78, 5) is 16.9. The summed E-state index contributed by atoms with van der Waals surface area (Å²) in [6.45, 7) is 1.05. The molecule has 0 bridgehead atoms. The van der Waals surface area contributed by atoms with E-state index in [1.165, 1.54) is 34.8 Å². The Bertz CT molecular complexity index is 1820. The lowest BCUT2D eigenvalue weighted by molar-refractivity contribution is 0.0951. The smallest absolute Gasteiger partial charge is 0.251 e. The minimum Gasteiger partial charge on any atom is -0.389 e. The molecule has 0 saturated carbocycles. The Morgan fingerprint density at radius 2 is 1.93 bits per heavy atom. The molecule has 3 heterocycles. The van der Waals surface area contributed by atoms with Gasteiger partial charge in [-0.25, -0.2) is 12.8 Å². The Morgan fingerprint density at radius 1 is 1.16 bits per heavy atom. The van der Waals surface area contributed by atoms with E-state index in [1.807, 2.05) is 35.0 Å². The van der Waals surface area contributed by atoms with Gasteiger partial charge in [0.1, 0.15) is 11.3 Å². The maximum atomic E-state index is 13.3. The zero-order valence-corrected chi connectivity index (χ0v) is 25.3. The van der Waals surface area contributed by atoms with Crippen molar-refractivity contribution in [1.82, 2.24) is 24.0 Å². The third-order valence-corrected chi connectivity index (χ3v) is 8.99. The predicted molar refractivity (Wildman–Crippen MR) is 161 cm³/mol. The van der Waals surface area contributed by atoms with Crippen LogP contribution in [0.2, 0.25) is 5.02 Å². The average molecular weight is 627 g/mol. The van der Waals surface area contributed by atoms with Gasteiger partial charge in [-0.05, 0) is 54.1 Å². The fraction of sp³-hybridized carbons (Fsp3) is 0.300. The predicted octanol–water partition coefficient (Wildman–Crippen LogP) is 2.98. The van der Waals surface area contributed by atoms with Crippen molar-refractivity contribution in [3.8, 4) is 11.3 Å². The second-order valence-corrected chi connectivity index (χ2v) is 12.8. The number of pyridine rings is 1. The van der Waals surface area contributed by atoms with E-state index in [9.17, 15) is 22.7 Å². The number of nitrogens with one attached hydrogen (secondary N) is 1. The van der Waals surface area contributed by atoms with Gasteiger partial charge in [-0.1, -0.05) is 23.7 Å². The quantitative estimate of drug-likeness (QED) is 0.296. The number of halogens is 2. The second kappa shape index (κ2) is 12.8. The highest BCUT2D eigenvalue weighted by molar-refractivity contribution is 7.88. The summed E-state index contributed by atoms with van der Waals surface area (Å²) in [5, 5.41) is 19.1. The van der Waals surface area contributed by atoms with Crippen LogP contribution in [0, 0.1) is 5.82 Å². The molecule has 2 aromatic heterocycles. The fourth-order valence-corrected chi connectivity index (χ4v) is 6.15. The van der Waals surface area contributed by atoms with Gasteiger partial charge in [0.2, 0.25) is 10.0 Å². The van der Waals surface area contributed by atoms with Crippen LogP contribution in [0.25, 0.3) is 11.3 Å². The van der Waals surface area contributed by atoms with Crippen molar-refractivity contribution in [3.05, 3.63) is 106 Å². The SMILES string of the molecule is CN=c1ccccn1CC(O)Cn1nc(-c2ccc(Cl)c(CNC(=O)c3ccc(F)cc3)c2)c2c1CCN(S(C)(=O)=O)C2. The van der Waals surface area contributed by atoms with Crippen molar-refractivity contribution >= 4 is 27.5 Å². The molecule has 1 aliphatic heterocycles. The van der Waals surface area contributed by atoms with Gasteiger partial charge in [-0.2, -0.15) is 9.40 Å². The molecule has 5 rings (SSSR count). The van der Waals surface area contributed by atoms with Crippen molar-refractivity contribution in [2.24, 2.45) is 4.99 Å². The van der Waals surface area contributed by atoms with Crippen molar-refractivity contribution in [2.45, 2.75) is 38.7 Å². The maximum Gasteiger partial charge on any atom is 0.251 e. The Balaban J connectivity index is 1.44. The topological polar surface area (TPSA) is 122 Å². The first-order valence-electron chi connectivity index (χ1n) is 13.7. The van der Waals surface area contributed by atoms with Crippen molar-refractivity contribution in [1.29, 1.82) is 0 Å². The van der Waals surface area contributed by atoms with Crippen LogP contribution in [0.5, 0.6) is 0 Å². The van der Waals surface area contributed by atoms with Gasteiger partial charge in [0.05, 0.1) is 31.1 Å². The van der Waals surface area contributed by atoms with Crippen LogP contribution < -0.4 is 10.8 Å². The largest absolute Gasteiger partial charge is 0.389 e. The molecule has 43 heavy (non-hydrogen) atoms. The average Bonchev–Trinajstić information content (AvgIpc) is 3.34. The standard InChI is InChI=1S/C30H32ClFN6O4S/c1-33-28-5-3-4-13-36(28)17-24(39)18-38-27-12-14-37(43(2,41)42)19-25(27)29(35-38)21-8-11-26(31)22(15-21)16-34-30(40)20-6-9-23(32)10-7-20/h3-11,13,15,24,39H,12,14,16-19H2,1-2H3,(H,34,40). The molecule has 13 heteroatoms. The van der Waals surface area contributed by atoms with Crippen LogP contribution in [0.15, 0.2) is 71.9 Å². The van der Waals surface area contributed by atoms with Crippen LogP contribution in [0.1, 0.15) is 27.2 Å². The Labute approximate surface area is 254 Å². The zero-order valence-electron chi connectivity index (χ0n) is 23.7. The summed E-state index contributed by atoms with van der Waals surface area (Å²) in [5.41, 5.74) is 4.56. The molecule has 0 radical (unpaired) electrons. The number of sulfonamides is 1. The van der Waals surface area contributed by atoms with Crippen molar-refractivity contribution in [2.75, 3.05) is 19.8 Å². The highest BCUT2D eigenvalue weighted by atomic mass is 35.5. The number of nitrogens with zero attached hydrogens (tertiary/aromatic N) is 5. The second-order valence-electron chi connectivity index (χ2n) is 10.4. The van der Waals surface area contributed by atoms with E-state index in [2.05, 4.69) is 10.3 Å². The molecule has 2 aromatic carbocycles. The summed E-state index contributed by atoms with van der Waals surface area (Å²) in [5.74, 6) is -0.812. The summed E-state index contributed by atoms with van der Waals surface area (Å²) < 4.78 is 43.2. The van der Waals surface area contributed by atoms with E-state index < -0.39 is 21.9 Å². The highest BCUT2D eigenvalue weighted by Gasteiger charge is 2.30. The molecular weight excluding hydrogens is 595 g/mol. The number of aliphatic hydroxyl groups is 1. The molecule has 4 aromatic rings. The summed E-state index contributed by atoms with van der Waals surface area (Å²) >= 11 is 6.48. The molecule has 0 aliphatic carbocycles. The van der Waals surface area contributed by atoms with E-state index >= 15 is 0 Å². The number of aromatic nitrogens is 3. The Hall–Kier alpha value is -3.84. The first-order chi connectivity index (χ1) is 20.5. The number of aliphatic hydroxyl groups excluding tert-OH is 1. The molecule has 0 spiro atoms. The molecule has 0 fully saturated rings. The summed E-state index contributed by atoms with van der Waals surface area (Å²) in [6, 6.07) is 16.2. The molecule has 226 valence electrons. The van der Waals surface area contributed by atoms with Gasteiger partial charge in [-0.15, -0.1) is 0 Å². The third-order valence-electron chi connectivity index (χ3n) is 7.37. The number of hydrogen-bond acceptors (Lipinski definition) is 6. The molecular formula is C30H32ClFN6O4S. The molecule has 1 amide bonds. The molecule has 1 aliphatic rings. The monoisotopic (exact) mass is 626 g/mol. The van der Waals surface area contributed by atoms with E-state index in [-0.39, 0.29) is 25.5 Å². The van der Waals surface area contributed by atoms with Gasteiger partial charge in [0, 0.05) is 66.7 Å². The van der Waals surface area contributed by atoms with Crippen LogP contribution in [-0.2, 0) is 42.6 Å². The van der Waals surface area contributed by atoms with Gasteiger partial charge in [-0.3, -0.25) is 14.5 Å². The van der Waals surface area contributed by atoms with Crippen molar-refractivity contribution < 1.29 is 22.7 Å². The van der Waals surface area contributed by atoms with E-state index in [4.69, 9.17) is 16.7 Å². The van der Waals surface area contributed by atoms with Crippen molar-refractivity contribution in [3.63, 3.8) is 0 Å². The van der Waals surface area contributed by atoms with E-state index in [1.54, 1.807) is 23.9 Å². The summed E-state index contributed by atoms with van der Waals surface area (Å²) in [6.07, 6.45) is 2.68. The van der Waals surface area contributed by atoms with E-state index in [0.29, 0.717) is 46.9 Å². The van der Waals surface area contributed by atoms with Crippen LogP contribution in [-0.4, -0.2) is 64.0 Å². The first kappa shape index (κ1) is 30.6. The minimum absolute atomic E-state index is 0.110. The number of carbonyl (C=O) groups excluding carboxylic acids is 1. The lowest BCUT2D eigenvalue weighted by Crippen LogP contribution is -2.36.